The molecule has 22 heavy (non-hydrogen) atoms. The molecule has 0 atom stereocenters. The lowest BCUT2D eigenvalue weighted by molar-refractivity contribution is -0.141. The van der Waals surface area contributed by atoms with Crippen molar-refractivity contribution in [3.8, 4) is 0 Å². The van der Waals surface area contributed by atoms with Crippen LogP contribution >= 0.6 is 11.6 Å². The Morgan fingerprint density at radius 2 is 1.77 bits per heavy atom. The molecule has 0 amide bonds. The molecule has 0 saturated heterocycles. The summed E-state index contributed by atoms with van der Waals surface area (Å²) in [4.78, 5) is 19.0. The van der Waals surface area contributed by atoms with Gasteiger partial charge in [0.2, 0.25) is 0 Å². The monoisotopic (exact) mass is 332 g/mol. The van der Waals surface area contributed by atoms with E-state index in [0.717, 1.165) is 0 Å². The molecule has 0 aliphatic heterocycles. The Morgan fingerprint density at radius 1 is 1.14 bits per heavy atom. The highest BCUT2D eigenvalue weighted by Gasteiger charge is 2.36. The lowest BCUT2D eigenvalue weighted by Gasteiger charge is -2.19. The fourth-order valence-electron chi connectivity index (χ4n) is 1.68. The Balaban J connectivity index is 2.46. The smallest absolute Gasteiger partial charge is 0.436 e. The van der Waals surface area contributed by atoms with Crippen molar-refractivity contribution in [2.24, 2.45) is 0 Å². The number of hydrogen-bond acceptors (Lipinski definition) is 4. The number of ether oxygens (including phenoxy) is 1. The van der Waals surface area contributed by atoms with Gasteiger partial charge in [-0.2, -0.15) is 13.2 Å². The van der Waals surface area contributed by atoms with Crippen LogP contribution in [-0.2, 0) is 10.9 Å². The molecular formula is C14H12ClF3N2O2. The maximum absolute atomic E-state index is 12.7. The van der Waals surface area contributed by atoms with Gasteiger partial charge in [0.15, 0.2) is 10.8 Å². The van der Waals surface area contributed by atoms with E-state index in [1.807, 2.05) is 0 Å². The number of hydrogen-bond donors (Lipinski definition) is 0. The van der Waals surface area contributed by atoms with Crippen LogP contribution < -0.4 is 0 Å². The van der Waals surface area contributed by atoms with Crippen molar-refractivity contribution in [1.29, 1.82) is 0 Å². The second-order valence-corrected chi connectivity index (χ2v) is 5.92. The lowest BCUT2D eigenvalue weighted by atomic mass is 10.1. The zero-order valence-corrected chi connectivity index (χ0v) is 12.7. The summed E-state index contributed by atoms with van der Waals surface area (Å²) in [6.45, 7) is 5.12. The van der Waals surface area contributed by atoms with Crippen LogP contribution in [0.2, 0.25) is 5.15 Å². The van der Waals surface area contributed by atoms with E-state index in [-0.39, 0.29) is 16.6 Å². The highest BCUT2D eigenvalue weighted by Crippen LogP contribution is 2.33. The molecule has 0 N–H and O–H groups in total. The van der Waals surface area contributed by atoms with Gasteiger partial charge in [0.1, 0.15) is 5.60 Å². The van der Waals surface area contributed by atoms with Crippen molar-refractivity contribution in [3.63, 3.8) is 0 Å². The summed E-state index contributed by atoms with van der Waals surface area (Å²) in [6, 6.07) is 3.90. The summed E-state index contributed by atoms with van der Waals surface area (Å²) in [6.07, 6.45) is -4.69. The Kier molecular flexibility index (Phi) is 4.04. The first-order chi connectivity index (χ1) is 9.97. The summed E-state index contributed by atoms with van der Waals surface area (Å²) >= 11 is 5.52. The van der Waals surface area contributed by atoms with Crippen LogP contribution in [0.5, 0.6) is 0 Å². The number of rotatable bonds is 1. The normalized spacial score (nSPS) is 12.5. The standard InChI is InChI=1S/C14H12ClF3N2O2/c1-13(2,3)22-12(21)7-4-5-8-9(6-7)20-11(15)10(19-8)14(16,17)18/h4-6H,1-3H3. The van der Waals surface area contributed by atoms with E-state index in [1.165, 1.54) is 18.2 Å². The number of fused-ring (bicyclic) bond motifs is 1. The molecule has 4 nitrogen and oxygen atoms in total. The minimum Gasteiger partial charge on any atom is -0.456 e. The third kappa shape index (κ3) is 3.65. The van der Waals surface area contributed by atoms with E-state index in [4.69, 9.17) is 16.3 Å². The molecule has 1 heterocycles. The predicted molar refractivity (Wildman–Crippen MR) is 74.7 cm³/mol. The van der Waals surface area contributed by atoms with Gasteiger partial charge in [0, 0.05) is 0 Å². The number of alkyl halides is 3. The molecule has 0 saturated carbocycles. The molecule has 1 aromatic carbocycles. The van der Waals surface area contributed by atoms with E-state index in [2.05, 4.69) is 9.97 Å². The molecule has 0 aliphatic rings. The first kappa shape index (κ1) is 16.5. The average molecular weight is 333 g/mol. The zero-order chi connectivity index (χ0) is 16.7. The Morgan fingerprint density at radius 3 is 2.32 bits per heavy atom. The fraction of sp³-hybridized carbons (Fsp3) is 0.357. The van der Waals surface area contributed by atoms with Gasteiger partial charge in [-0.1, -0.05) is 11.6 Å². The zero-order valence-electron chi connectivity index (χ0n) is 12.0. The summed E-state index contributed by atoms with van der Waals surface area (Å²) < 4.78 is 43.3. The van der Waals surface area contributed by atoms with Crippen LogP contribution in [0.1, 0.15) is 36.8 Å². The average Bonchev–Trinajstić information content (AvgIpc) is 2.33. The molecule has 8 heteroatoms. The molecule has 0 fully saturated rings. The minimum absolute atomic E-state index is 0.0102. The molecule has 2 rings (SSSR count). The molecule has 0 aliphatic carbocycles. The summed E-state index contributed by atoms with van der Waals surface area (Å²) in [5, 5.41) is -0.763. The first-order valence-corrected chi connectivity index (χ1v) is 6.63. The molecular weight excluding hydrogens is 321 g/mol. The molecule has 0 spiro atoms. The van der Waals surface area contributed by atoms with Crippen LogP contribution in [0.25, 0.3) is 11.0 Å². The topological polar surface area (TPSA) is 52.1 Å². The van der Waals surface area contributed by atoms with Gasteiger partial charge in [-0.3, -0.25) is 0 Å². The molecule has 0 bridgehead atoms. The van der Waals surface area contributed by atoms with Gasteiger partial charge < -0.3 is 4.74 Å². The van der Waals surface area contributed by atoms with Crippen LogP contribution in [-0.4, -0.2) is 21.5 Å². The number of benzene rings is 1. The van der Waals surface area contributed by atoms with Crippen LogP contribution in [0, 0.1) is 0 Å². The molecule has 0 radical (unpaired) electrons. The quantitative estimate of drug-likeness (QED) is 0.732. The van der Waals surface area contributed by atoms with Crippen molar-refractivity contribution in [3.05, 3.63) is 34.6 Å². The number of carbonyl (C=O) groups excluding carboxylic acids is 1. The van der Waals surface area contributed by atoms with Gasteiger partial charge in [0.25, 0.3) is 0 Å². The summed E-state index contributed by atoms with van der Waals surface area (Å²) in [5.74, 6) is -0.604. The van der Waals surface area contributed by atoms with Crippen molar-refractivity contribution >= 4 is 28.6 Å². The van der Waals surface area contributed by atoms with Gasteiger partial charge in [-0.05, 0) is 39.0 Å². The van der Waals surface area contributed by atoms with Gasteiger partial charge >= 0.3 is 12.1 Å². The van der Waals surface area contributed by atoms with Crippen molar-refractivity contribution in [2.75, 3.05) is 0 Å². The highest BCUT2D eigenvalue weighted by atomic mass is 35.5. The van der Waals surface area contributed by atoms with Crippen molar-refractivity contribution in [2.45, 2.75) is 32.5 Å². The van der Waals surface area contributed by atoms with Crippen molar-refractivity contribution < 1.29 is 22.7 Å². The lowest BCUT2D eigenvalue weighted by Crippen LogP contribution is -2.23. The van der Waals surface area contributed by atoms with Gasteiger partial charge in [-0.15, -0.1) is 0 Å². The Bertz CT molecular complexity index is 739. The predicted octanol–water partition coefficient (Wildman–Crippen LogP) is 4.26. The molecule has 0 unspecified atom stereocenters. The van der Waals surface area contributed by atoms with Crippen molar-refractivity contribution in [1.82, 2.24) is 9.97 Å². The third-order valence-corrected chi connectivity index (χ3v) is 2.79. The number of nitrogens with zero attached hydrogens (tertiary/aromatic N) is 2. The largest absolute Gasteiger partial charge is 0.456 e. The maximum Gasteiger partial charge on any atom is 0.436 e. The van der Waals surface area contributed by atoms with Crippen LogP contribution in [0.15, 0.2) is 18.2 Å². The second-order valence-electron chi connectivity index (χ2n) is 5.57. The minimum atomic E-state index is -4.69. The first-order valence-electron chi connectivity index (χ1n) is 6.25. The number of halogens is 4. The van der Waals surface area contributed by atoms with E-state index < -0.39 is 28.6 Å². The Labute approximate surface area is 129 Å². The van der Waals surface area contributed by atoms with E-state index in [9.17, 15) is 18.0 Å². The van der Waals surface area contributed by atoms with E-state index >= 15 is 0 Å². The SMILES string of the molecule is CC(C)(C)OC(=O)c1ccc2nc(C(F)(F)F)c(Cl)nc2c1. The van der Waals surface area contributed by atoms with Crippen LogP contribution in [0.3, 0.4) is 0 Å². The summed E-state index contributed by atoms with van der Waals surface area (Å²) in [7, 11) is 0. The summed E-state index contributed by atoms with van der Waals surface area (Å²) in [5.41, 5.74) is -1.71. The molecule has 2 aromatic rings. The van der Waals surface area contributed by atoms with Crippen LogP contribution in [0.4, 0.5) is 13.2 Å². The molecule has 1 aromatic heterocycles. The Hall–Kier alpha value is -1.89. The van der Waals surface area contributed by atoms with Gasteiger partial charge in [-0.25, -0.2) is 14.8 Å². The molecule has 118 valence electrons. The number of carbonyl (C=O) groups is 1. The fourth-order valence-corrected chi connectivity index (χ4v) is 1.92. The van der Waals surface area contributed by atoms with Gasteiger partial charge in [0.05, 0.1) is 16.6 Å². The number of aromatic nitrogens is 2. The highest BCUT2D eigenvalue weighted by molar-refractivity contribution is 6.30. The van der Waals surface area contributed by atoms with E-state index in [0.29, 0.717) is 0 Å². The number of esters is 1. The van der Waals surface area contributed by atoms with E-state index in [1.54, 1.807) is 20.8 Å². The maximum atomic E-state index is 12.7. The third-order valence-electron chi connectivity index (χ3n) is 2.52. The second kappa shape index (κ2) is 5.39.